The Bertz CT molecular complexity index is 396. The predicted molar refractivity (Wildman–Crippen MR) is 59.3 cm³/mol. The number of aromatic nitrogens is 2. The number of H-pyrrole nitrogens is 1. The van der Waals surface area contributed by atoms with Crippen LogP contribution >= 0.6 is 0 Å². The van der Waals surface area contributed by atoms with Crippen molar-refractivity contribution in [3.63, 3.8) is 0 Å². The van der Waals surface area contributed by atoms with E-state index in [0.29, 0.717) is 11.8 Å². The summed E-state index contributed by atoms with van der Waals surface area (Å²) in [5.74, 6) is 1.22. The minimum atomic E-state index is 0.559. The second-order valence-electron chi connectivity index (χ2n) is 4.19. The van der Waals surface area contributed by atoms with Gasteiger partial charge >= 0.3 is 0 Å². The normalized spacial score (nSPS) is 13.7. The van der Waals surface area contributed by atoms with Gasteiger partial charge in [-0.25, -0.2) is 0 Å². The molecule has 0 saturated heterocycles. The van der Waals surface area contributed by atoms with Crippen LogP contribution in [0.2, 0.25) is 0 Å². The van der Waals surface area contributed by atoms with Gasteiger partial charge in [0.05, 0.1) is 11.0 Å². The van der Waals surface area contributed by atoms with Crippen molar-refractivity contribution >= 4 is 11.0 Å². The molecule has 0 saturated carbocycles. The van der Waals surface area contributed by atoms with Gasteiger partial charge < -0.3 is 4.98 Å². The zero-order chi connectivity index (χ0) is 10.1. The average Bonchev–Trinajstić information content (AvgIpc) is 2.59. The minimum Gasteiger partial charge on any atom is -0.357 e. The third kappa shape index (κ3) is 1.52. The van der Waals surface area contributed by atoms with Crippen molar-refractivity contribution in [3.8, 4) is 0 Å². The van der Waals surface area contributed by atoms with E-state index in [1.807, 2.05) is 12.3 Å². The fourth-order valence-corrected chi connectivity index (χ4v) is 1.58. The Morgan fingerprint density at radius 1 is 1.29 bits per heavy atom. The van der Waals surface area contributed by atoms with Gasteiger partial charge in [0, 0.05) is 11.9 Å². The molecule has 0 amide bonds. The quantitative estimate of drug-likeness (QED) is 0.769. The summed E-state index contributed by atoms with van der Waals surface area (Å²) in [6.45, 7) is 6.72. The molecule has 0 fully saturated rings. The van der Waals surface area contributed by atoms with Crippen LogP contribution in [0.25, 0.3) is 11.0 Å². The van der Waals surface area contributed by atoms with E-state index < -0.39 is 0 Å². The average molecular weight is 188 g/mol. The summed E-state index contributed by atoms with van der Waals surface area (Å²) in [6, 6.07) is 6.18. The zero-order valence-electron chi connectivity index (χ0n) is 8.91. The molecule has 2 heterocycles. The Labute approximate surface area is 84.4 Å². The van der Waals surface area contributed by atoms with E-state index in [2.05, 4.69) is 42.9 Å². The summed E-state index contributed by atoms with van der Waals surface area (Å²) < 4.78 is 0. The van der Waals surface area contributed by atoms with Gasteiger partial charge in [0.15, 0.2) is 0 Å². The lowest BCUT2D eigenvalue weighted by Gasteiger charge is -2.12. The highest BCUT2D eigenvalue weighted by molar-refractivity contribution is 5.75. The summed E-state index contributed by atoms with van der Waals surface area (Å²) in [5.41, 5.74) is 3.48. The third-order valence-electron chi connectivity index (χ3n) is 2.90. The van der Waals surface area contributed by atoms with E-state index in [4.69, 9.17) is 0 Å². The van der Waals surface area contributed by atoms with Crippen molar-refractivity contribution in [2.45, 2.75) is 26.7 Å². The highest BCUT2D eigenvalue weighted by Crippen LogP contribution is 2.25. The molecule has 14 heavy (non-hydrogen) atoms. The van der Waals surface area contributed by atoms with Crippen molar-refractivity contribution in [2.75, 3.05) is 0 Å². The molecule has 0 aliphatic carbocycles. The summed E-state index contributed by atoms with van der Waals surface area (Å²) >= 11 is 0. The standard InChI is InChI=1S/C12H16N2/c1-8(2)9(3)11-7-12-10(14-11)5-4-6-13-12/h4-9,14H,1-3H3. The van der Waals surface area contributed by atoms with Crippen molar-refractivity contribution < 1.29 is 0 Å². The zero-order valence-corrected chi connectivity index (χ0v) is 8.91. The molecule has 1 N–H and O–H groups in total. The highest BCUT2D eigenvalue weighted by Gasteiger charge is 2.12. The highest BCUT2D eigenvalue weighted by atomic mass is 14.8. The fourth-order valence-electron chi connectivity index (χ4n) is 1.58. The van der Waals surface area contributed by atoms with E-state index in [1.165, 1.54) is 5.69 Å². The first-order chi connectivity index (χ1) is 6.68. The maximum atomic E-state index is 4.31. The minimum absolute atomic E-state index is 0.559. The molecule has 0 aliphatic rings. The maximum Gasteiger partial charge on any atom is 0.0881 e. The summed E-state index contributed by atoms with van der Waals surface area (Å²) in [6.07, 6.45) is 1.83. The van der Waals surface area contributed by atoms with E-state index in [1.54, 1.807) is 0 Å². The van der Waals surface area contributed by atoms with Crippen LogP contribution in [0.3, 0.4) is 0 Å². The third-order valence-corrected chi connectivity index (χ3v) is 2.90. The lowest BCUT2D eigenvalue weighted by Crippen LogP contribution is -2.01. The molecule has 0 bridgehead atoms. The number of nitrogens with one attached hydrogen (secondary N) is 1. The van der Waals surface area contributed by atoms with Gasteiger partial charge in [-0.2, -0.15) is 0 Å². The largest absolute Gasteiger partial charge is 0.357 e. The van der Waals surface area contributed by atoms with Crippen LogP contribution in [0.1, 0.15) is 32.4 Å². The Morgan fingerprint density at radius 3 is 2.71 bits per heavy atom. The smallest absolute Gasteiger partial charge is 0.0881 e. The first-order valence-corrected chi connectivity index (χ1v) is 5.12. The van der Waals surface area contributed by atoms with Gasteiger partial charge in [-0.05, 0) is 30.0 Å². The summed E-state index contributed by atoms with van der Waals surface area (Å²) in [7, 11) is 0. The second kappa shape index (κ2) is 3.45. The van der Waals surface area contributed by atoms with Gasteiger partial charge in [0.2, 0.25) is 0 Å². The number of aromatic amines is 1. The fraction of sp³-hybridized carbons (Fsp3) is 0.417. The Balaban J connectivity index is 2.45. The molecular formula is C12H16N2. The van der Waals surface area contributed by atoms with Gasteiger partial charge in [0.1, 0.15) is 0 Å². The summed E-state index contributed by atoms with van der Waals surface area (Å²) in [5, 5.41) is 0. The first-order valence-electron chi connectivity index (χ1n) is 5.12. The Kier molecular flexibility index (Phi) is 2.28. The van der Waals surface area contributed by atoms with Crippen molar-refractivity contribution in [1.29, 1.82) is 0 Å². The van der Waals surface area contributed by atoms with Crippen LogP contribution in [0.15, 0.2) is 24.4 Å². The SMILES string of the molecule is CC(C)C(C)c1cc2ncccc2[nH]1. The molecule has 1 atom stereocenters. The number of nitrogens with zero attached hydrogens (tertiary/aromatic N) is 1. The number of hydrogen-bond acceptors (Lipinski definition) is 1. The molecule has 2 heteroatoms. The second-order valence-corrected chi connectivity index (χ2v) is 4.19. The lowest BCUT2D eigenvalue weighted by molar-refractivity contribution is 0.526. The van der Waals surface area contributed by atoms with Crippen LogP contribution in [-0.4, -0.2) is 9.97 Å². The topological polar surface area (TPSA) is 28.7 Å². The van der Waals surface area contributed by atoms with Crippen LogP contribution in [-0.2, 0) is 0 Å². The van der Waals surface area contributed by atoms with Crippen molar-refractivity contribution in [1.82, 2.24) is 9.97 Å². The van der Waals surface area contributed by atoms with Crippen molar-refractivity contribution in [2.24, 2.45) is 5.92 Å². The van der Waals surface area contributed by atoms with Gasteiger partial charge in [-0.3, -0.25) is 4.98 Å². The molecule has 74 valence electrons. The number of hydrogen-bond donors (Lipinski definition) is 1. The van der Waals surface area contributed by atoms with Crippen LogP contribution < -0.4 is 0 Å². The molecule has 0 radical (unpaired) electrons. The molecular weight excluding hydrogens is 172 g/mol. The molecule has 2 rings (SSSR count). The maximum absolute atomic E-state index is 4.31. The monoisotopic (exact) mass is 188 g/mol. The molecule has 0 aliphatic heterocycles. The number of rotatable bonds is 2. The predicted octanol–water partition coefficient (Wildman–Crippen LogP) is 3.32. The molecule has 2 aromatic rings. The Hall–Kier alpha value is -1.31. The van der Waals surface area contributed by atoms with E-state index in [9.17, 15) is 0 Å². The van der Waals surface area contributed by atoms with Gasteiger partial charge in [-0.1, -0.05) is 20.8 Å². The van der Waals surface area contributed by atoms with Crippen molar-refractivity contribution in [3.05, 3.63) is 30.1 Å². The van der Waals surface area contributed by atoms with E-state index in [-0.39, 0.29) is 0 Å². The molecule has 2 nitrogen and oxygen atoms in total. The number of pyridine rings is 1. The Morgan fingerprint density at radius 2 is 2.07 bits per heavy atom. The van der Waals surface area contributed by atoms with Crippen LogP contribution in [0.5, 0.6) is 0 Å². The lowest BCUT2D eigenvalue weighted by atomic mass is 9.95. The molecule has 2 aromatic heterocycles. The number of fused-ring (bicyclic) bond motifs is 1. The summed E-state index contributed by atoms with van der Waals surface area (Å²) in [4.78, 5) is 7.73. The van der Waals surface area contributed by atoms with Gasteiger partial charge in [-0.15, -0.1) is 0 Å². The van der Waals surface area contributed by atoms with Gasteiger partial charge in [0.25, 0.3) is 0 Å². The van der Waals surface area contributed by atoms with Crippen LogP contribution in [0.4, 0.5) is 0 Å². The first kappa shape index (κ1) is 9.25. The van der Waals surface area contributed by atoms with Crippen LogP contribution in [0, 0.1) is 5.92 Å². The molecule has 1 unspecified atom stereocenters. The van der Waals surface area contributed by atoms with E-state index in [0.717, 1.165) is 11.0 Å². The molecule has 0 aromatic carbocycles. The van der Waals surface area contributed by atoms with E-state index >= 15 is 0 Å². The molecule has 0 spiro atoms.